The third kappa shape index (κ3) is 1.72. The first-order chi connectivity index (χ1) is 7.11. The first-order valence-corrected chi connectivity index (χ1v) is 5.65. The number of nitrogens with one attached hydrogen (secondary N) is 1. The molecule has 2 N–H and O–H groups in total. The van der Waals surface area contributed by atoms with Gasteiger partial charge in [0.15, 0.2) is 5.06 Å². The first kappa shape index (κ1) is 10.4. The lowest BCUT2D eigenvalue weighted by Gasteiger charge is -2.03. The summed E-state index contributed by atoms with van der Waals surface area (Å²) in [4.78, 5) is 12.5. The largest absolute Gasteiger partial charge is 0.481 e. The zero-order valence-corrected chi connectivity index (χ0v) is 9.48. The van der Waals surface area contributed by atoms with Gasteiger partial charge in [-0.1, -0.05) is 0 Å². The number of amides is 1. The summed E-state index contributed by atoms with van der Waals surface area (Å²) in [5, 5.41) is 12.9. The van der Waals surface area contributed by atoms with E-state index >= 15 is 0 Å². The van der Waals surface area contributed by atoms with Gasteiger partial charge in [0.25, 0.3) is 5.91 Å². The molecule has 0 bridgehead atoms. The van der Waals surface area contributed by atoms with E-state index in [0.717, 1.165) is 10.4 Å². The topological polar surface area (TPSA) is 58.6 Å². The van der Waals surface area contributed by atoms with Crippen LogP contribution in [0.3, 0.4) is 0 Å². The SMILES string of the molecule is Cc1c(C(C)O)sc2c1C(=O)NCCO2. The van der Waals surface area contributed by atoms with Gasteiger partial charge in [0.1, 0.15) is 6.61 Å². The van der Waals surface area contributed by atoms with Crippen molar-refractivity contribution in [2.75, 3.05) is 13.2 Å². The van der Waals surface area contributed by atoms with Crippen LogP contribution in [0.5, 0.6) is 5.06 Å². The van der Waals surface area contributed by atoms with Crippen LogP contribution in [0.25, 0.3) is 0 Å². The van der Waals surface area contributed by atoms with Crippen molar-refractivity contribution in [1.82, 2.24) is 5.32 Å². The quantitative estimate of drug-likeness (QED) is 0.758. The van der Waals surface area contributed by atoms with Gasteiger partial charge in [-0.25, -0.2) is 0 Å². The molecule has 1 aromatic heterocycles. The maximum absolute atomic E-state index is 11.7. The Morgan fingerprint density at radius 2 is 2.33 bits per heavy atom. The molecule has 82 valence electrons. The molecule has 1 aliphatic rings. The van der Waals surface area contributed by atoms with Crippen molar-refractivity contribution in [2.45, 2.75) is 20.0 Å². The summed E-state index contributed by atoms with van der Waals surface area (Å²) in [6.45, 7) is 4.54. The fraction of sp³-hybridized carbons (Fsp3) is 0.500. The predicted octanol–water partition coefficient (Wildman–Crippen LogP) is 1.23. The Hall–Kier alpha value is -1.07. The number of aliphatic hydroxyl groups excluding tert-OH is 1. The van der Waals surface area contributed by atoms with E-state index in [9.17, 15) is 9.90 Å². The molecular formula is C10H13NO3S. The molecule has 1 aromatic rings. The minimum absolute atomic E-state index is 0.108. The Morgan fingerprint density at radius 1 is 1.60 bits per heavy atom. The lowest BCUT2D eigenvalue weighted by Crippen LogP contribution is -2.25. The Morgan fingerprint density at radius 3 is 3.00 bits per heavy atom. The standard InChI is InChI=1S/C10H13NO3S/c1-5-7-9(13)11-3-4-14-10(7)15-8(5)6(2)12/h6,12H,3-4H2,1-2H3,(H,11,13). The van der Waals surface area contributed by atoms with Gasteiger partial charge >= 0.3 is 0 Å². The van der Waals surface area contributed by atoms with Crippen LogP contribution in [0.1, 0.15) is 33.8 Å². The highest BCUT2D eigenvalue weighted by molar-refractivity contribution is 7.14. The van der Waals surface area contributed by atoms with Gasteiger partial charge in [-0.3, -0.25) is 4.79 Å². The van der Waals surface area contributed by atoms with Crippen molar-refractivity contribution in [2.24, 2.45) is 0 Å². The van der Waals surface area contributed by atoms with Crippen LogP contribution >= 0.6 is 11.3 Å². The maximum atomic E-state index is 11.7. The number of thiophene rings is 1. The smallest absolute Gasteiger partial charge is 0.256 e. The number of aliphatic hydroxyl groups is 1. The molecule has 2 rings (SSSR count). The predicted molar refractivity (Wildman–Crippen MR) is 57.5 cm³/mol. The molecular weight excluding hydrogens is 214 g/mol. The van der Waals surface area contributed by atoms with Gasteiger partial charge < -0.3 is 15.2 Å². The highest BCUT2D eigenvalue weighted by atomic mass is 32.1. The highest BCUT2D eigenvalue weighted by Gasteiger charge is 2.25. The van der Waals surface area contributed by atoms with Crippen LogP contribution in [0.2, 0.25) is 0 Å². The summed E-state index contributed by atoms with van der Waals surface area (Å²) in [5.41, 5.74) is 1.40. The summed E-state index contributed by atoms with van der Waals surface area (Å²) in [6, 6.07) is 0. The van der Waals surface area contributed by atoms with Gasteiger partial charge in [0.05, 0.1) is 18.2 Å². The average Bonchev–Trinajstić information content (AvgIpc) is 2.38. The molecule has 15 heavy (non-hydrogen) atoms. The van der Waals surface area contributed by atoms with Crippen molar-refractivity contribution in [3.63, 3.8) is 0 Å². The van der Waals surface area contributed by atoms with Crippen LogP contribution in [0.15, 0.2) is 0 Å². The van der Waals surface area contributed by atoms with Crippen molar-refractivity contribution < 1.29 is 14.6 Å². The van der Waals surface area contributed by atoms with Crippen molar-refractivity contribution in [1.29, 1.82) is 0 Å². The fourth-order valence-corrected chi connectivity index (χ4v) is 2.78. The maximum Gasteiger partial charge on any atom is 0.256 e. The zero-order chi connectivity index (χ0) is 11.0. The van der Waals surface area contributed by atoms with Crippen LogP contribution in [0, 0.1) is 6.92 Å². The lowest BCUT2D eigenvalue weighted by molar-refractivity contribution is 0.0956. The molecule has 0 spiro atoms. The van der Waals surface area contributed by atoms with Crippen molar-refractivity contribution in [3.8, 4) is 5.06 Å². The number of ether oxygens (including phenoxy) is 1. The van der Waals surface area contributed by atoms with E-state index < -0.39 is 6.10 Å². The summed E-state index contributed by atoms with van der Waals surface area (Å²) in [7, 11) is 0. The molecule has 1 atom stereocenters. The lowest BCUT2D eigenvalue weighted by atomic mass is 10.1. The van der Waals surface area contributed by atoms with Gasteiger partial charge in [-0.2, -0.15) is 0 Å². The van der Waals surface area contributed by atoms with E-state index in [1.54, 1.807) is 6.92 Å². The monoisotopic (exact) mass is 227 g/mol. The number of carbonyl (C=O) groups is 1. The van der Waals surface area contributed by atoms with Crippen LogP contribution in [-0.4, -0.2) is 24.2 Å². The third-order valence-corrected chi connectivity index (χ3v) is 3.75. The minimum atomic E-state index is -0.557. The number of hydrogen-bond donors (Lipinski definition) is 2. The Balaban J connectivity index is 2.52. The summed E-state index contributed by atoms with van der Waals surface area (Å²) in [6.07, 6.45) is -0.557. The highest BCUT2D eigenvalue weighted by Crippen LogP contribution is 2.38. The Bertz CT molecular complexity index is 398. The molecule has 1 amide bonds. The number of rotatable bonds is 1. The molecule has 0 aliphatic carbocycles. The van der Waals surface area contributed by atoms with E-state index in [2.05, 4.69) is 5.32 Å². The zero-order valence-electron chi connectivity index (χ0n) is 8.66. The Labute approximate surface area is 91.9 Å². The van der Waals surface area contributed by atoms with E-state index in [4.69, 9.17) is 4.74 Å². The fourth-order valence-electron chi connectivity index (χ4n) is 1.66. The molecule has 2 heterocycles. The van der Waals surface area contributed by atoms with Gasteiger partial charge in [-0.15, -0.1) is 11.3 Å². The molecule has 0 fully saturated rings. The summed E-state index contributed by atoms with van der Waals surface area (Å²) < 4.78 is 5.45. The second kappa shape index (κ2) is 3.83. The number of carbonyl (C=O) groups excluding carboxylic acids is 1. The number of fused-ring (bicyclic) bond motifs is 1. The second-order valence-corrected chi connectivity index (χ2v) is 4.55. The molecule has 0 aromatic carbocycles. The number of hydrogen-bond acceptors (Lipinski definition) is 4. The molecule has 0 saturated heterocycles. The van der Waals surface area contributed by atoms with Crippen molar-refractivity contribution >= 4 is 17.2 Å². The molecule has 0 saturated carbocycles. The summed E-state index contributed by atoms with van der Waals surface area (Å²) in [5.74, 6) is -0.108. The minimum Gasteiger partial charge on any atom is -0.481 e. The van der Waals surface area contributed by atoms with Crippen LogP contribution in [-0.2, 0) is 0 Å². The first-order valence-electron chi connectivity index (χ1n) is 4.83. The molecule has 0 radical (unpaired) electrons. The van der Waals surface area contributed by atoms with Crippen LogP contribution in [0.4, 0.5) is 0 Å². The average molecular weight is 227 g/mol. The second-order valence-electron chi connectivity index (χ2n) is 3.53. The normalized spacial score (nSPS) is 17.4. The Kier molecular flexibility index (Phi) is 2.67. The van der Waals surface area contributed by atoms with Gasteiger partial charge in [0.2, 0.25) is 0 Å². The van der Waals surface area contributed by atoms with E-state index in [-0.39, 0.29) is 5.91 Å². The molecule has 1 aliphatic heterocycles. The molecule has 5 heteroatoms. The van der Waals surface area contributed by atoms with Crippen molar-refractivity contribution in [3.05, 3.63) is 16.0 Å². The van der Waals surface area contributed by atoms with Gasteiger partial charge in [-0.05, 0) is 19.4 Å². The van der Waals surface area contributed by atoms with Crippen LogP contribution < -0.4 is 10.1 Å². The van der Waals surface area contributed by atoms with E-state index in [1.807, 2.05) is 6.92 Å². The molecule has 4 nitrogen and oxygen atoms in total. The van der Waals surface area contributed by atoms with Gasteiger partial charge in [0, 0.05) is 4.88 Å². The molecule has 1 unspecified atom stereocenters. The third-order valence-electron chi connectivity index (χ3n) is 2.38. The van der Waals surface area contributed by atoms with E-state index in [0.29, 0.717) is 23.8 Å². The summed E-state index contributed by atoms with van der Waals surface area (Å²) >= 11 is 1.35. The van der Waals surface area contributed by atoms with E-state index in [1.165, 1.54) is 11.3 Å².